The first-order valence-corrected chi connectivity index (χ1v) is 12.7. The Morgan fingerprint density at radius 2 is 1.79 bits per heavy atom. The molecule has 5 nitrogen and oxygen atoms in total. The highest BCUT2D eigenvalue weighted by atomic mass is 35.5. The highest BCUT2D eigenvalue weighted by Gasteiger charge is 2.29. The van der Waals surface area contributed by atoms with Crippen molar-refractivity contribution in [3.8, 4) is 5.75 Å². The molecule has 0 spiro atoms. The molecule has 1 aliphatic rings. The minimum absolute atomic E-state index is 0.159. The lowest BCUT2D eigenvalue weighted by atomic mass is 9.95. The summed E-state index contributed by atoms with van der Waals surface area (Å²) in [6, 6.07) is 8.65. The molecule has 1 N–H and O–H groups in total. The molecule has 1 saturated carbocycles. The van der Waals surface area contributed by atoms with Crippen LogP contribution in [0.1, 0.15) is 61.3 Å². The minimum atomic E-state index is -0.676. The van der Waals surface area contributed by atoms with E-state index < -0.39 is 6.04 Å². The van der Waals surface area contributed by atoms with Gasteiger partial charge in [-0.25, -0.2) is 0 Å². The highest BCUT2D eigenvalue weighted by molar-refractivity contribution is 6.35. The number of carbonyl (C=O) groups is 2. The van der Waals surface area contributed by atoms with E-state index in [4.69, 9.17) is 27.9 Å². The zero-order valence-corrected chi connectivity index (χ0v) is 21.9. The van der Waals surface area contributed by atoms with Crippen molar-refractivity contribution < 1.29 is 14.3 Å². The first-order chi connectivity index (χ1) is 16.2. The third-order valence-electron chi connectivity index (χ3n) is 6.59. The van der Waals surface area contributed by atoms with Crippen LogP contribution in [-0.2, 0) is 16.1 Å². The summed E-state index contributed by atoms with van der Waals surface area (Å²) in [7, 11) is 0. The maximum absolute atomic E-state index is 13.4. The van der Waals surface area contributed by atoms with Crippen LogP contribution in [0.25, 0.3) is 0 Å². The van der Waals surface area contributed by atoms with Crippen LogP contribution in [0.5, 0.6) is 5.75 Å². The van der Waals surface area contributed by atoms with Gasteiger partial charge in [0.15, 0.2) is 6.61 Å². The molecule has 1 atom stereocenters. The van der Waals surface area contributed by atoms with Crippen LogP contribution in [0.15, 0.2) is 30.3 Å². The smallest absolute Gasteiger partial charge is 0.261 e. The number of nitrogens with one attached hydrogen (secondary N) is 1. The van der Waals surface area contributed by atoms with Gasteiger partial charge in [0.1, 0.15) is 11.8 Å². The molecule has 1 fully saturated rings. The van der Waals surface area contributed by atoms with Crippen molar-refractivity contribution in [1.82, 2.24) is 10.2 Å². The third-order valence-corrected chi connectivity index (χ3v) is 7.18. The van der Waals surface area contributed by atoms with Gasteiger partial charge in [0.25, 0.3) is 5.91 Å². The standard InChI is InChI=1S/C27H34Cl2N2O3/c1-17-12-18(2)19(3)25(13-17)34-16-26(32)31(15-21-10-11-22(28)14-24(21)29)20(4)27(33)30-23-8-6-5-7-9-23/h10-14,20,23H,5-9,15-16H2,1-4H3,(H,30,33)/t20-/m0/s1. The molecule has 0 unspecified atom stereocenters. The molecular weight excluding hydrogens is 471 g/mol. The van der Waals surface area contributed by atoms with Crippen LogP contribution >= 0.6 is 23.2 Å². The van der Waals surface area contributed by atoms with Gasteiger partial charge in [0, 0.05) is 22.6 Å². The molecule has 0 aliphatic heterocycles. The number of ether oxygens (including phenoxy) is 1. The second-order valence-electron chi connectivity index (χ2n) is 9.27. The average molecular weight is 505 g/mol. The minimum Gasteiger partial charge on any atom is -0.483 e. The number of amides is 2. The van der Waals surface area contributed by atoms with Crippen LogP contribution in [0.2, 0.25) is 10.0 Å². The maximum atomic E-state index is 13.4. The van der Waals surface area contributed by atoms with Gasteiger partial charge >= 0.3 is 0 Å². The predicted molar refractivity (Wildman–Crippen MR) is 138 cm³/mol. The lowest BCUT2D eigenvalue weighted by molar-refractivity contribution is -0.142. The Morgan fingerprint density at radius 1 is 1.09 bits per heavy atom. The fourth-order valence-electron chi connectivity index (χ4n) is 4.36. The summed E-state index contributed by atoms with van der Waals surface area (Å²) in [5.41, 5.74) is 3.89. The Hall–Kier alpha value is -2.24. The molecule has 2 aromatic rings. The summed E-state index contributed by atoms with van der Waals surface area (Å²) < 4.78 is 5.93. The van der Waals surface area contributed by atoms with Gasteiger partial charge in [0.2, 0.25) is 5.91 Å². The van der Waals surface area contributed by atoms with E-state index in [1.54, 1.807) is 25.1 Å². The van der Waals surface area contributed by atoms with Gasteiger partial charge in [-0.15, -0.1) is 0 Å². The van der Waals surface area contributed by atoms with Gasteiger partial charge < -0.3 is 15.0 Å². The van der Waals surface area contributed by atoms with Gasteiger partial charge in [-0.1, -0.05) is 54.6 Å². The Bertz CT molecular complexity index is 1030. The van der Waals surface area contributed by atoms with E-state index in [0.717, 1.165) is 47.9 Å². The molecule has 0 bridgehead atoms. The number of carbonyl (C=O) groups excluding carboxylic acids is 2. The monoisotopic (exact) mass is 504 g/mol. The molecule has 1 aliphatic carbocycles. The van der Waals surface area contributed by atoms with Gasteiger partial charge in [-0.3, -0.25) is 9.59 Å². The van der Waals surface area contributed by atoms with Gasteiger partial charge in [-0.05, 0) is 81.0 Å². The largest absolute Gasteiger partial charge is 0.483 e. The summed E-state index contributed by atoms with van der Waals surface area (Å²) in [6.07, 6.45) is 5.39. The fourth-order valence-corrected chi connectivity index (χ4v) is 4.83. The zero-order chi connectivity index (χ0) is 24.8. The fraction of sp³-hybridized carbons (Fsp3) is 0.481. The molecule has 7 heteroatoms. The van der Waals surface area contributed by atoms with Crippen molar-refractivity contribution >= 4 is 35.0 Å². The summed E-state index contributed by atoms with van der Waals surface area (Å²) in [5.74, 6) is 0.235. The number of aryl methyl sites for hydroxylation is 2. The zero-order valence-electron chi connectivity index (χ0n) is 20.4. The number of nitrogens with zero attached hydrogens (tertiary/aromatic N) is 1. The van der Waals surface area contributed by atoms with Crippen LogP contribution in [0, 0.1) is 20.8 Å². The summed E-state index contributed by atoms with van der Waals surface area (Å²) in [6.45, 7) is 7.75. The van der Waals surface area contributed by atoms with Crippen molar-refractivity contribution in [1.29, 1.82) is 0 Å². The van der Waals surface area contributed by atoms with E-state index in [1.165, 1.54) is 11.3 Å². The molecule has 0 saturated heterocycles. The van der Waals surface area contributed by atoms with Crippen molar-refractivity contribution in [2.45, 2.75) is 78.4 Å². The maximum Gasteiger partial charge on any atom is 0.261 e. The Kier molecular flexibility index (Phi) is 9.26. The van der Waals surface area contributed by atoms with Crippen LogP contribution in [0.3, 0.4) is 0 Å². The Morgan fingerprint density at radius 3 is 2.47 bits per heavy atom. The molecule has 3 rings (SSSR count). The number of benzene rings is 2. The van der Waals surface area contributed by atoms with Crippen molar-refractivity contribution in [3.05, 3.63) is 62.6 Å². The second-order valence-corrected chi connectivity index (χ2v) is 10.1. The SMILES string of the molecule is Cc1cc(C)c(C)c(OCC(=O)N(Cc2ccc(Cl)cc2Cl)[C@@H](C)C(=O)NC2CCCCC2)c1. The molecule has 2 amide bonds. The average Bonchev–Trinajstić information content (AvgIpc) is 2.80. The Balaban J connectivity index is 1.78. The van der Waals surface area contributed by atoms with Gasteiger partial charge in [-0.2, -0.15) is 0 Å². The van der Waals surface area contributed by atoms with E-state index in [2.05, 4.69) is 11.4 Å². The van der Waals surface area contributed by atoms with E-state index in [0.29, 0.717) is 15.8 Å². The van der Waals surface area contributed by atoms with Crippen LogP contribution in [0.4, 0.5) is 0 Å². The normalized spacial score (nSPS) is 15.0. The van der Waals surface area contributed by atoms with E-state index in [1.807, 2.05) is 26.8 Å². The van der Waals surface area contributed by atoms with Crippen molar-refractivity contribution in [3.63, 3.8) is 0 Å². The lowest BCUT2D eigenvalue weighted by Gasteiger charge is -2.31. The van der Waals surface area contributed by atoms with Crippen LogP contribution in [-0.4, -0.2) is 35.4 Å². The first-order valence-electron chi connectivity index (χ1n) is 11.9. The first kappa shape index (κ1) is 26.4. The quantitative estimate of drug-likeness (QED) is 0.467. The number of hydrogen-bond acceptors (Lipinski definition) is 3. The summed E-state index contributed by atoms with van der Waals surface area (Å²) >= 11 is 12.4. The van der Waals surface area contributed by atoms with Crippen LogP contribution < -0.4 is 10.1 Å². The molecule has 2 aromatic carbocycles. The second kappa shape index (κ2) is 11.9. The topological polar surface area (TPSA) is 58.6 Å². The molecule has 34 heavy (non-hydrogen) atoms. The van der Waals surface area contributed by atoms with Crippen molar-refractivity contribution in [2.75, 3.05) is 6.61 Å². The van der Waals surface area contributed by atoms with E-state index in [-0.39, 0.29) is 31.0 Å². The van der Waals surface area contributed by atoms with Gasteiger partial charge in [0.05, 0.1) is 0 Å². The molecule has 0 aromatic heterocycles. The number of hydrogen-bond donors (Lipinski definition) is 1. The highest BCUT2D eigenvalue weighted by Crippen LogP contribution is 2.25. The van der Waals surface area contributed by atoms with E-state index >= 15 is 0 Å². The summed E-state index contributed by atoms with van der Waals surface area (Å²) in [5, 5.41) is 4.11. The summed E-state index contributed by atoms with van der Waals surface area (Å²) in [4.78, 5) is 28.0. The molecule has 0 heterocycles. The third kappa shape index (κ3) is 6.89. The van der Waals surface area contributed by atoms with E-state index in [9.17, 15) is 9.59 Å². The Labute approximate surface area is 212 Å². The molecule has 0 radical (unpaired) electrons. The lowest BCUT2D eigenvalue weighted by Crippen LogP contribution is -2.51. The molecular formula is C27H34Cl2N2O3. The number of halogens is 2. The van der Waals surface area contributed by atoms with Crippen molar-refractivity contribution in [2.24, 2.45) is 0 Å². The molecule has 184 valence electrons. The number of rotatable bonds is 8. The predicted octanol–water partition coefficient (Wildman–Crippen LogP) is 6.16.